The molecule has 0 fully saturated rings. The summed E-state index contributed by atoms with van der Waals surface area (Å²) in [5, 5.41) is 8.12. The molecule has 28 heavy (non-hydrogen) atoms. The number of rotatable bonds is 4. The molecule has 0 saturated heterocycles. The molecular formula is C21H20N6O. The van der Waals surface area contributed by atoms with Crippen molar-refractivity contribution in [2.75, 3.05) is 26.0 Å². The van der Waals surface area contributed by atoms with Crippen LogP contribution >= 0.6 is 0 Å². The lowest BCUT2D eigenvalue weighted by Crippen LogP contribution is -2.21. The second-order valence-electron chi connectivity index (χ2n) is 6.69. The second-order valence-corrected chi connectivity index (χ2v) is 6.69. The van der Waals surface area contributed by atoms with Crippen LogP contribution in [0.25, 0.3) is 22.3 Å². The number of aromatic nitrogens is 4. The van der Waals surface area contributed by atoms with Crippen LogP contribution in [0.15, 0.2) is 60.9 Å². The van der Waals surface area contributed by atoms with Gasteiger partial charge in [-0.15, -0.1) is 0 Å². The molecule has 0 radical (unpaired) electrons. The smallest absolute Gasteiger partial charge is 0.253 e. The molecule has 1 N–H and O–H groups in total. The third-order valence-electron chi connectivity index (χ3n) is 4.58. The minimum Gasteiger partial charge on any atom is -0.345 e. The van der Waals surface area contributed by atoms with Crippen LogP contribution in [0.1, 0.15) is 10.4 Å². The summed E-state index contributed by atoms with van der Waals surface area (Å²) in [5.74, 6) is 1.27. The summed E-state index contributed by atoms with van der Waals surface area (Å²) in [6.07, 6.45) is 3.53. The first-order valence-corrected chi connectivity index (χ1v) is 8.85. The van der Waals surface area contributed by atoms with Crippen molar-refractivity contribution < 1.29 is 4.79 Å². The minimum absolute atomic E-state index is 0.0539. The van der Waals surface area contributed by atoms with Gasteiger partial charge in [-0.1, -0.05) is 18.2 Å². The Morgan fingerprint density at radius 3 is 2.68 bits per heavy atom. The number of benzene rings is 2. The van der Waals surface area contributed by atoms with Crippen LogP contribution in [0.3, 0.4) is 0 Å². The largest absolute Gasteiger partial charge is 0.345 e. The Balaban J connectivity index is 1.72. The zero-order chi connectivity index (χ0) is 19.7. The molecule has 2 aromatic heterocycles. The Kier molecular flexibility index (Phi) is 4.49. The quantitative estimate of drug-likeness (QED) is 0.593. The predicted molar refractivity (Wildman–Crippen MR) is 110 cm³/mol. The summed E-state index contributed by atoms with van der Waals surface area (Å²) in [6, 6.07) is 15.2. The highest BCUT2D eigenvalue weighted by Gasteiger charge is 2.13. The number of amides is 1. The van der Waals surface area contributed by atoms with E-state index in [4.69, 9.17) is 4.98 Å². The van der Waals surface area contributed by atoms with Crippen LogP contribution < -0.4 is 4.90 Å². The summed E-state index contributed by atoms with van der Waals surface area (Å²) in [7, 11) is 5.43. The Hall–Kier alpha value is -3.74. The van der Waals surface area contributed by atoms with Gasteiger partial charge < -0.3 is 9.80 Å². The molecule has 0 aliphatic heterocycles. The van der Waals surface area contributed by atoms with Gasteiger partial charge in [0, 0.05) is 43.9 Å². The maximum absolute atomic E-state index is 12.3. The molecule has 0 bridgehead atoms. The number of H-pyrrole nitrogens is 1. The molecule has 2 heterocycles. The second kappa shape index (κ2) is 7.11. The maximum atomic E-state index is 12.3. The summed E-state index contributed by atoms with van der Waals surface area (Å²) in [5.41, 5.74) is 3.36. The Bertz CT molecular complexity index is 1150. The Morgan fingerprint density at radius 1 is 1.04 bits per heavy atom. The highest BCUT2D eigenvalue weighted by molar-refractivity contribution is 5.95. The van der Waals surface area contributed by atoms with Gasteiger partial charge in [0.25, 0.3) is 5.91 Å². The van der Waals surface area contributed by atoms with Gasteiger partial charge in [0.2, 0.25) is 0 Å². The van der Waals surface area contributed by atoms with Crippen molar-refractivity contribution in [3.05, 3.63) is 66.5 Å². The number of hydrogen-bond acceptors (Lipinski definition) is 5. The highest BCUT2D eigenvalue weighted by atomic mass is 16.2. The summed E-state index contributed by atoms with van der Waals surface area (Å²) in [6.45, 7) is 0. The van der Waals surface area contributed by atoms with E-state index in [0.29, 0.717) is 11.4 Å². The number of nitrogens with zero attached hydrogens (tertiary/aromatic N) is 5. The molecule has 1 amide bonds. The number of carbonyl (C=O) groups is 1. The lowest BCUT2D eigenvalue weighted by Gasteiger charge is -2.19. The van der Waals surface area contributed by atoms with Crippen molar-refractivity contribution in [2.45, 2.75) is 0 Å². The third kappa shape index (κ3) is 3.18. The van der Waals surface area contributed by atoms with Crippen LogP contribution in [-0.4, -0.2) is 52.1 Å². The van der Waals surface area contributed by atoms with E-state index in [9.17, 15) is 4.79 Å². The molecule has 0 unspecified atom stereocenters. The van der Waals surface area contributed by atoms with Gasteiger partial charge in [0.05, 0.1) is 17.4 Å². The molecule has 7 nitrogen and oxygen atoms in total. The first kappa shape index (κ1) is 17.7. The third-order valence-corrected chi connectivity index (χ3v) is 4.58. The molecule has 4 aromatic rings. The van der Waals surface area contributed by atoms with Gasteiger partial charge in [0.15, 0.2) is 5.82 Å². The van der Waals surface area contributed by atoms with E-state index in [-0.39, 0.29) is 5.91 Å². The van der Waals surface area contributed by atoms with Gasteiger partial charge in [-0.2, -0.15) is 5.10 Å². The van der Waals surface area contributed by atoms with Gasteiger partial charge in [-0.3, -0.25) is 9.89 Å². The van der Waals surface area contributed by atoms with Crippen LogP contribution in [0.4, 0.5) is 11.5 Å². The molecule has 0 atom stereocenters. The normalized spacial score (nSPS) is 10.8. The molecule has 7 heteroatoms. The number of aromatic amines is 1. The number of carbonyl (C=O) groups excluding carboxylic acids is 1. The van der Waals surface area contributed by atoms with E-state index in [1.807, 2.05) is 54.4 Å². The van der Waals surface area contributed by atoms with Crippen molar-refractivity contribution in [2.24, 2.45) is 0 Å². The van der Waals surface area contributed by atoms with Crippen molar-refractivity contribution in [3.63, 3.8) is 0 Å². The monoisotopic (exact) mass is 372 g/mol. The predicted octanol–water partition coefficient (Wildman–Crippen LogP) is 3.49. The average molecular weight is 372 g/mol. The molecular weight excluding hydrogens is 352 g/mol. The lowest BCUT2D eigenvalue weighted by atomic mass is 10.1. The fourth-order valence-corrected chi connectivity index (χ4v) is 3.09. The number of anilines is 2. The molecule has 0 spiro atoms. The summed E-state index contributed by atoms with van der Waals surface area (Å²) < 4.78 is 0. The fraction of sp³-hybridized carbons (Fsp3) is 0.143. The first-order chi connectivity index (χ1) is 13.5. The molecule has 0 aliphatic carbocycles. The summed E-state index contributed by atoms with van der Waals surface area (Å²) in [4.78, 5) is 24.9. The van der Waals surface area contributed by atoms with E-state index in [2.05, 4.69) is 15.2 Å². The molecule has 140 valence electrons. The first-order valence-electron chi connectivity index (χ1n) is 8.85. The van der Waals surface area contributed by atoms with E-state index in [1.165, 1.54) is 0 Å². The van der Waals surface area contributed by atoms with E-state index in [0.717, 1.165) is 28.0 Å². The van der Waals surface area contributed by atoms with Crippen LogP contribution in [0, 0.1) is 0 Å². The molecule has 4 rings (SSSR count). The van der Waals surface area contributed by atoms with Gasteiger partial charge >= 0.3 is 0 Å². The molecule has 0 saturated carbocycles. The SMILES string of the molecule is CN(C)C(=O)c1cccc(-c2nccc(N(C)c3cccc4[nH]ncc34)n2)c1. The van der Waals surface area contributed by atoms with Crippen LogP contribution in [-0.2, 0) is 0 Å². The Labute approximate surface area is 162 Å². The van der Waals surface area contributed by atoms with Gasteiger partial charge in [-0.25, -0.2) is 9.97 Å². The minimum atomic E-state index is -0.0539. The zero-order valence-electron chi connectivity index (χ0n) is 15.9. The zero-order valence-corrected chi connectivity index (χ0v) is 15.9. The average Bonchev–Trinajstić information content (AvgIpc) is 3.22. The standard InChI is InChI=1S/C21H20N6O/c1-26(2)21(28)15-7-4-6-14(12-15)20-22-11-10-19(24-20)27(3)18-9-5-8-17-16(18)13-23-25-17/h4-13H,1-3H3,(H,23,25). The van der Waals surface area contributed by atoms with Crippen molar-refractivity contribution in [1.29, 1.82) is 0 Å². The van der Waals surface area contributed by atoms with E-state index >= 15 is 0 Å². The van der Waals surface area contributed by atoms with Crippen LogP contribution in [0.5, 0.6) is 0 Å². The summed E-state index contributed by atoms with van der Waals surface area (Å²) >= 11 is 0. The number of fused-ring (bicyclic) bond motifs is 1. The highest BCUT2D eigenvalue weighted by Crippen LogP contribution is 2.29. The Morgan fingerprint density at radius 2 is 1.86 bits per heavy atom. The number of hydrogen-bond donors (Lipinski definition) is 1. The molecule has 2 aromatic carbocycles. The number of nitrogens with one attached hydrogen (secondary N) is 1. The van der Waals surface area contributed by atoms with E-state index < -0.39 is 0 Å². The van der Waals surface area contributed by atoms with Crippen molar-refractivity contribution >= 4 is 28.3 Å². The topological polar surface area (TPSA) is 78.0 Å². The van der Waals surface area contributed by atoms with Crippen molar-refractivity contribution in [1.82, 2.24) is 25.1 Å². The van der Waals surface area contributed by atoms with Crippen LogP contribution in [0.2, 0.25) is 0 Å². The maximum Gasteiger partial charge on any atom is 0.253 e. The lowest BCUT2D eigenvalue weighted by molar-refractivity contribution is 0.0827. The van der Waals surface area contributed by atoms with Gasteiger partial charge in [0.1, 0.15) is 5.82 Å². The van der Waals surface area contributed by atoms with Crippen molar-refractivity contribution in [3.8, 4) is 11.4 Å². The molecule has 0 aliphatic rings. The van der Waals surface area contributed by atoms with Gasteiger partial charge in [-0.05, 0) is 30.3 Å². The fourth-order valence-electron chi connectivity index (χ4n) is 3.09. The van der Waals surface area contributed by atoms with E-state index in [1.54, 1.807) is 37.5 Å².